The fourth-order valence-corrected chi connectivity index (χ4v) is 3.27. The van der Waals surface area contributed by atoms with Gasteiger partial charge in [-0.2, -0.15) is 0 Å². The molecule has 0 saturated heterocycles. The molecule has 4 aromatic rings. The number of aryl methyl sites for hydroxylation is 2. The van der Waals surface area contributed by atoms with Crippen LogP contribution in [0.15, 0.2) is 65.1 Å². The molecule has 31 heavy (non-hydrogen) atoms. The molecule has 0 atom stereocenters. The van der Waals surface area contributed by atoms with E-state index in [0.29, 0.717) is 23.7 Å². The van der Waals surface area contributed by atoms with E-state index in [-0.39, 0.29) is 5.91 Å². The topological polar surface area (TPSA) is 64.4 Å². The summed E-state index contributed by atoms with van der Waals surface area (Å²) in [5.41, 5.74) is 5.99. The zero-order valence-corrected chi connectivity index (χ0v) is 18.1. The molecule has 0 unspecified atom stereocenters. The second-order valence-corrected chi connectivity index (χ2v) is 7.68. The third-order valence-corrected chi connectivity index (χ3v) is 5.25. The summed E-state index contributed by atoms with van der Waals surface area (Å²) in [6.07, 6.45) is 2.10. The lowest BCUT2D eigenvalue weighted by Crippen LogP contribution is -2.11. The summed E-state index contributed by atoms with van der Waals surface area (Å²) >= 11 is 0. The number of aromatic nitrogens is 1. The number of nitrogens with one attached hydrogen (secondary N) is 1. The van der Waals surface area contributed by atoms with E-state index in [1.165, 1.54) is 5.56 Å². The van der Waals surface area contributed by atoms with Crippen molar-refractivity contribution in [1.29, 1.82) is 0 Å². The number of hydrogen-bond acceptors (Lipinski definition) is 4. The van der Waals surface area contributed by atoms with E-state index in [4.69, 9.17) is 9.15 Å². The maximum absolute atomic E-state index is 12.7. The number of carbonyl (C=O) groups is 1. The first-order valence-corrected chi connectivity index (χ1v) is 10.6. The van der Waals surface area contributed by atoms with Crippen molar-refractivity contribution in [2.24, 2.45) is 0 Å². The van der Waals surface area contributed by atoms with Gasteiger partial charge in [-0.25, -0.2) is 4.98 Å². The van der Waals surface area contributed by atoms with Gasteiger partial charge in [0.25, 0.3) is 5.91 Å². The van der Waals surface area contributed by atoms with Gasteiger partial charge >= 0.3 is 0 Å². The summed E-state index contributed by atoms with van der Waals surface area (Å²) in [6, 6.07) is 18.7. The van der Waals surface area contributed by atoms with Crippen LogP contribution in [-0.2, 0) is 0 Å². The number of oxazole rings is 1. The molecule has 0 aliphatic heterocycles. The Hall–Kier alpha value is -3.60. The molecule has 158 valence electrons. The highest BCUT2D eigenvalue weighted by Crippen LogP contribution is 2.28. The van der Waals surface area contributed by atoms with Crippen molar-refractivity contribution in [1.82, 2.24) is 4.98 Å². The SMILES string of the molecule is CCCCOc1ccc(C(=O)Nc2cccc(-c3nc4cc(C)c(C)cc4o3)c2)cc1. The Morgan fingerprint density at radius 2 is 1.81 bits per heavy atom. The highest BCUT2D eigenvalue weighted by molar-refractivity contribution is 6.04. The van der Waals surface area contributed by atoms with E-state index in [0.717, 1.165) is 40.8 Å². The Morgan fingerprint density at radius 1 is 1.03 bits per heavy atom. The molecule has 5 nitrogen and oxygen atoms in total. The van der Waals surface area contributed by atoms with Crippen LogP contribution in [0.4, 0.5) is 5.69 Å². The normalized spacial score (nSPS) is 10.9. The van der Waals surface area contributed by atoms with Gasteiger partial charge in [0.15, 0.2) is 5.58 Å². The first kappa shape index (κ1) is 20.7. The molecule has 0 radical (unpaired) electrons. The molecule has 0 spiro atoms. The number of benzene rings is 3. The summed E-state index contributed by atoms with van der Waals surface area (Å²) in [5, 5.41) is 2.94. The zero-order valence-electron chi connectivity index (χ0n) is 18.1. The molecular weight excluding hydrogens is 388 g/mol. The predicted molar refractivity (Wildman–Crippen MR) is 124 cm³/mol. The molecule has 0 saturated carbocycles. The number of carbonyl (C=O) groups excluding carboxylic acids is 1. The van der Waals surface area contributed by atoms with Crippen LogP contribution in [0, 0.1) is 13.8 Å². The molecule has 3 aromatic carbocycles. The first-order valence-electron chi connectivity index (χ1n) is 10.6. The first-order chi connectivity index (χ1) is 15.0. The summed E-state index contributed by atoms with van der Waals surface area (Å²) in [5.74, 6) is 1.12. The highest BCUT2D eigenvalue weighted by Gasteiger charge is 2.12. The minimum atomic E-state index is -0.180. The quantitative estimate of drug-likeness (QED) is 0.349. The Kier molecular flexibility index (Phi) is 6.03. The van der Waals surface area contributed by atoms with Gasteiger partial charge in [-0.15, -0.1) is 0 Å². The minimum absolute atomic E-state index is 0.180. The molecule has 0 aliphatic rings. The number of anilines is 1. The van der Waals surface area contributed by atoms with Crippen LogP contribution in [0.3, 0.4) is 0 Å². The van der Waals surface area contributed by atoms with Crippen LogP contribution < -0.4 is 10.1 Å². The molecule has 5 heteroatoms. The number of ether oxygens (including phenoxy) is 1. The number of unbranched alkanes of at least 4 members (excludes halogenated alkanes) is 1. The minimum Gasteiger partial charge on any atom is -0.494 e. The number of amides is 1. The molecule has 0 fully saturated rings. The average molecular weight is 415 g/mol. The Labute approximate surface area is 182 Å². The van der Waals surface area contributed by atoms with Crippen molar-refractivity contribution in [3.05, 3.63) is 77.4 Å². The number of nitrogens with zero attached hydrogens (tertiary/aromatic N) is 1. The van der Waals surface area contributed by atoms with Crippen LogP contribution in [0.1, 0.15) is 41.3 Å². The van der Waals surface area contributed by atoms with E-state index in [1.807, 2.05) is 48.5 Å². The van der Waals surface area contributed by atoms with Crippen molar-refractivity contribution < 1.29 is 13.9 Å². The molecule has 4 rings (SSSR count). The van der Waals surface area contributed by atoms with Crippen molar-refractivity contribution in [3.8, 4) is 17.2 Å². The number of fused-ring (bicyclic) bond motifs is 1. The molecular formula is C26H26N2O3. The van der Waals surface area contributed by atoms with E-state index in [1.54, 1.807) is 12.1 Å². The second kappa shape index (κ2) is 9.04. The maximum atomic E-state index is 12.7. The van der Waals surface area contributed by atoms with E-state index in [9.17, 15) is 4.79 Å². The van der Waals surface area contributed by atoms with E-state index in [2.05, 4.69) is 31.1 Å². The smallest absolute Gasteiger partial charge is 0.255 e. The van der Waals surface area contributed by atoms with Crippen LogP contribution in [0.2, 0.25) is 0 Å². The van der Waals surface area contributed by atoms with Gasteiger partial charge in [0.1, 0.15) is 11.3 Å². The van der Waals surface area contributed by atoms with Crippen molar-refractivity contribution in [2.45, 2.75) is 33.6 Å². The van der Waals surface area contributed by atoms with Crippen LogP contribution >= 0.6 is 0 Å². The van der Waals surface area contributed by atoms with Gasteiger partial charge in [0.2, 0.25) is 5.89 Å². The zero-order chi connectivity index (χ0) is 21.8. The Balaban J connectivity index is 1.49. The van der Waals surface area contributed by atoms with Crippen LogP contribution in [0.25, 0.3) is 22.6 Å². The molecule has 0 aliphatic carbocycles. The summed E-state index contributed by atoms with van der Waals surface area (Å²) in [7, 11) is 0. The fraction of sp³-hybridized carbons (Fsp3) is 0.231. The Bertz CT molecular complexity index is 1170. The van der Waals surface area contributed by atoms with Gasteiger partial charge in [0, 0.05) is 16.8 Å². The van der Waals surface area contributed by atoms with Crippen molar-refractivity contribution in [2.75, 3.05) is 11.9 Å². The molecule has 1 amide bonds. The standard InChI is InChI=1S/C26H26N2O3/c1-4-5-13-30-22-11-9-19(10-12-22)25(29)27-21-8-6-7-20(16-21)26-28-23-14-17(2)18(3)15-24(23)31-26/h6-12,14-16H,4-5,13H2,1-3H3,(H,27,29). The van der Waals surface area contributed by atoms with Gasteiger partial charge in [-0.3, -0.25) is 4.79 Å². The lowest BCUT2D eigenvalue weighted by Gasteiger charge is -2.08. The van der Waals surface area contributed by atoms with Crippen LogP contribution in [0.5, 0.6) is 5.75 Å². The molecule has 1 heterocycles. The largest absolute Gasteiger partial charge is 0.494 e. The van der Waals surface area contributed by atoms with Crippen LogP contribution in [-0.4, -0.2) is 17.5 Å². The maximum Gasteiger partial charge on any atom is 0.255 e. The van der Waals surface area contributed by atoms with Gasteiger partial charge in [0.05, 0.1) is 6.61 Å². The summed E-state index contributed by atoms with van der Waals surface area (Å²) in [6.45, 7) is 6.92. The second-order valence-electron chi connectivity index (χ2n) is 7.68. The lowest BCUT2D eigenvalue weighted by molar-refractivity contribution is 0.102. The molecule has 0 bridgehead atoms. The van der Waals surface area contributed by atoms with Crippen molar-refractivity contribution >= 4 is 22.7 Å². The third-order valence-electron chi connectivity index (χ3n) is 5.25. The average Bonchev–Trinajstić information content (AvgIpc) is 3.17. The number of rotatable bonds is 7. The van der Waals surface area contributed by atoms with Gasteiger partial charge in [-0.1, -0.05) is 19.4 Å². The van der Waals surface area contributed by atoms with Gasteiger partial charge < -0.3 is 14.5 Å². The molecule has 1 aromatic heterocycles. The van der Waals surface area contributed by atoms with Gasteiger partial charge in [-0.05, 0) is 86.0 Å². The third kappa shape index (κ3) is 4.77. The summed E-state index contributed by atoms with van der Waals surface area (Å²) in [4.78, 5) is 17.3. The monoisotopic (exact) mass is 414 g/mol. The highest BCUT2D eigenvalue weighted by atomic mass is 16.5. The predicted octanol–water partition coefficient (Wildman–Crippen LogP) is 6.54. The van der Waals surface area contributed by atoms with E-state index >= 15 is 0 Å². The molecule has 1 N–H and O–H groups in total. The van der Waals surface area contributed by atoms with E-state index < -0.39 is 0 Å². The van der Waals surface area contributed by atoms with Crippen molar-refractivity contribution in [3.63, 3.8) is 0 Å². The number of hydrogen-bond donors (Lipinski definition) is 1. The summed E-state index contributed by atoms with van der Waals surface area (Å²) < 4.78 is 11.6. The fourth-order valence-electron chi connectivity index (χ4n) is 3.27. The lowest BCUT2D eigenvalue weighted by atomic mass is 10.1. The Morgan fingerprint density at radius 3 is 2.58 bits per heavy atom.